The van der Waals surface area contributed by atoms with Crippen LogP contribution in [0.2, 0.25) is 0 Å². The number of sulfonamides is 1. The normalized spacial score (nSPS) is 12.8. The highest BCUT2D eigenvalue weighted by Crippen LogP contribution is 2.32. The Labute approximate surface area is 211 Å². The average Bonchev–Trinajstić information content (AvgIpc) is 3.28. The van der Waals surface area contributed by atoms with E-state index in [0.29, 0.717) is 42.5 Å². The van der Waals surface area contributed by atoms with E-state index in [1.807, 2.05) is 38.1 Å². The third-order valence-corrected chi connectivity index (χ3v) is 7.51. The van der Waals surface area contributed by atoms with Crippen LogP contribution in [0.3, 0.4) is 0 Å². The maximum absolute atomic E-state index is 13.2. The van der Waals surface area contributed by atoms with Gasteiger partial charge in [-0.25, -0.2) is 8.42 Å². The Morgan fingerprint density at radius 3 is 2.46 bits per heavy atom. The van der Waals surface area contributed by atoms with Gasteiger partial charge in [0.1, 0.15) is 5.75 Å². The van der Waals surface area contributed by atoms with Crippen LogP contribution >= 0.6 is 12.2 Å². The zero-order chi connectivity index (χ0) is 25.0. The lowest BCUT2D eigenvalue weighted by atomic mass is 10.2. The molecule has 0 spiro atoms. The van der Waals surface area contributed by atoms with Gasteiger partial charge in [0.05, 0.1) is 22.8 Å². The second kappa shape index (κ2) is 10.5. The molecule has 4 rings (SSSR count). The SMILES string of the molecule is CC(C)COc1ccccc1C(=O)NC(=S)Nc1ccc(S(=O)(=O)N2CCc3ccccc32)cc1. The fourth-order valence-electron chi connectivity index (χ4n) is 3.76. The summed E-state index contributed by atoms with van der Waals surface area (Å²) in [6, 6.07) is 20.8. The van der Waals surface area contributed by atoms with E-state index >= 15 is 0 Å². The van der Waals surface area contributed by atoms with Gasteiger partial charge in [0.15, 0.2) is 5.11 Å². The summed E-state index contributed by atoms with van der Waals surface area (Å²) in [5.41, 5.74) is 2.67. The van der Waals surface area contributed by atoms with E-state index in [1.165, 1.54) is 16.4 Å². The fourth-order valence-corrected chi connectivity index (χ4v) is 5.48. The minimum Gasteiger partial charge on any atom is -0.492 e. The Morgan fingerprint density at radius 1 is 1.03 bits per heavy atom. The number of thiocarbonyl (C=S) groups is 1. The number of amides is 1. The van der Waals surface area contributed by atoms with Gasteiger partial charge in [-0.3, -0.25) is 14.4 Å². The third kappa shape index (κ3) is 5.63. The standard InChI is InChI=1S/C26H27N3O4S2/c1-18(2)17-33-24-10-6-4-8-22(24)25(30)28-26(34)27-20-11-13-21(14-12-20)35(31,32)29-16-15-19-7-3-5-9-23(19)29/h3-14,18H,15-17H2,1-2H3,(H2,27,28,30,34). The Kier molecular flexibility index (Phi) is 7.37. The molecule has 0 atom stereocenters. The van der Waals surface area contributed by atoms with Gasteiger partial charge in [-0.05, 0) is 72.6 Å². The molecule has 1 heterocycles. The number of carbonyl (C=O) groups excluding carboxylic acids is 1. The summed E-state index contributed by atoms with van der Waals surface area (Å²) in [5.74, 6) is 0.411. The van der Waals surface area contributed by atoms with Crippen molar-refractivity contribution in [3.63, 3.8) is 0 Å². The number of ether oxygens (including phenoxy) is 1. The minimum atomic E-state index is -3.68. The number of rotatable bonds is 7. The van der Waals surface area contributed by atoms with Crippen molar-refractivity contribution in [3.05, 3.63) is 83.9 Å². The molecule has 9 heteroatoms. The van der Waals surface area contributed by atoms with Gasteiger partial charge >= 0.3 is 0 Å². The smallest absolute Gasteiger partial charge is 0.264 e. The molecule has 0 bridgehead atoms. The molecule has 2 N–H and O–H groups in total. The van der Waals surface area contributed by atoms with E-state index in [9.17, 15) is 13.2 Å². The van der Waals surface area contributed by atoms with Crippen LogP contribution in [0, 0.1) is 5.92 Å². The zero-order valence-electron chi connectivity index (χ0n) is 19.5. The molecule has 3 aromatic rings. The third-order valence-electron chi connectivity index (χ3n) is 5.48. The number of anilines is 2. The first-order valence-corrected chi connectivity index (χ1v) is 13.2. The summed E-state index contributed by atoms with van der Waals surface area (Å²) in [6.45, 7) is 4.97. The van der Waals surface area contributed by atoms with Crippen LogP contribution in [0.1, 0.15) is 29.8 Å². The van der Waals surface area contributed by atoms with Crippen molar-refractivity contribution < 1.29 is 17.9 Å². The van der Waals surface area contributed by atoms with E-state index < -0.39 is 15.9 Å². The Bertz CT molecular complexity index is 1340. The first kappa shape index (κ1) is 24.7. The molecule has 35 heavy (non-hydrogen) atoms. The molecule has 1 aliphatic heterocycles. The van der Waals surface area contributed by atoms with Gasteiger partial charge in [-0.15, -0.1) is 0 Å². The van der Waals surface area contributed by atoms with Crippen LogP contribution in [0.4, 0.5) is 11.4 Å². The first-order valence-electron chi connectivity index (χ1n) is 11.3. The van der Waals surface area contributed by atoms with Gasteiger partial charge in [-0.1, -0.05) is 44.2 Å². The topological polar surface area (TPSA) is 87.7 Å². The number of carbonyl (C=O) groups is 1. The van der Waals surface area contributed by atoms with Crippen molar-refractivity contribution in [2.45, 2.75) is 25.2 Å². The second-order valence-corrected chi connectivity index (χ2v) is 10.9. The van der Waals surface area contributed by atoms with Gasteiger partial charge < -0.3 is 10.1 Å². The van der Waals surface area contributed by atoms with Gasteiger partial charge in [-0.2, -0.15) is 0 Å². The molecule has 0 saturated heterocycles. The summed E-state index contributed by atoms with van der Waals surface area (Å²) < 4.78 is 33.5. The van der Waals surface area contributed by atoms with Gasteiger partial charge in [0.25, 0.3) is 15.9 Å². The highest BCUT2D eigenvalue weighted by Gasteiger charge is 2.30. The van der Waals surface area contributed by atoms with E-state index in [4.69, 9.17) is 17.0 Å². The van der Waals surface area contributed by atoms with Crippen molar-refractivity contribution in [1.82, 2.24) is 5.32 Å². The predicted octanol–water partition coefficient (Wildman–Crippen LogP) is 4.60. The Hall–Kier alpha value is -3.43. The number of hydrogen-bond acceptors (Lipinski definition) is 5. The van der Waals surface area contributed by atoms with Crippen LogP contribution in [-0.2, 0) is 16.4 Å². The fraction of sp³-hybridized carbons (Fsp3) is 0.231. The summed E-state index contributed by atoms with van der Waals surface area (Å²) in [7, 11) is -3.68. The molecule has 0 saturated carbocycles. The van der Waals surface area contributed by atoms with Crippen molar-refractivity contribution in [1.29, 1.82) is 0 Å². The molecule has 0 unspecified atom stereocenters. The van der Waals surface area contributed by atoms with Crippen LogP contribution in [0.5, 0.6) is 5.75 Å². The molecular formula is C26H27N3O4S2. The lowest BCUT2D eigenvalue weighted by molar-refractivity contribution is 0.0973. The van der Waals surface area contributed by atoms with Crippen molar-refractivity contribution in [3.8, 4) is 5.75 Å². The molecule has 1 aliphatic rings. The van der Waals surface area contributed by atoms with Crippen molar-refractivity contribution in [2.75, 3.05) is 22.8 Å². The van der Waals surface area contributed by atoms with Crippen LogP contribution in [0.25, 0.3) is 0 Å². The maximum Gasteiger partial charge on any atom is 0.264 e. The molecule has 0 aromatic heterocycles. The van der Waals surface area contributed by atoms with Crippen LogP contribution < -0.4 is 19.7 Å². The maximum atomic E-state index is 13.2. The molecule has 0 aliphatic carbocycles. The van der Waals surface area contributed by atoms with E-state index in [0.717, 1.165) is 11.3 Å². The molecule has 0 radical (unpaired) electrons. The number of fused-ring (bicyclic) bond motifs is 1. The average molecular weight is 510 g/mol. The monoisotopic (exact) mass is 509 g/mol. The molecule has 1 amide bonds. The Morgan fingerprint density at radius 2 is 1.71 bits per heavy atom. The van der Waals surface area contributed by atoms with Crippen LogP contribution in [-0.4, -0.2) is 32.6 Å². The highest BCUT2D eigenvalue weighted by atomic mass is 32.2. The molecule has 7 nitrogen and oxygen atoms in total. The lowest BCUT2D eigenvalue weighted by Crippen LogP contribution is -2.34. The van der Waals surface area contributed by atoms with Crippen molar-refractivity contribution >= 4 is 44.6 Å². The first-order chi connectivity index (χ1) is 16.8. The number of benzene rings is 3. The van der Waals surface area contributed by atoms with E-state index in [2.05, 4.69) is 10.6 Å². The summed E-state index contributed by atoms with van der Waals surface area (Å²) in [4.78, 5) is 12.9. The van der Waals surface area contributed by atoms with Crippen molar-refractivity contribution in [2.24, 2.45) is 5.92 Å². The van der Waals surface area contributed by atoms with Crippen LogP contribution in [0.15, 0.2) is 77.7 Å². The number of nitrogens with zero attached hydrogens (tertiary/aromatic N) is 1. The van der Waals surface area contributed by atoms with Gasteiger partial charge in [0.2, 0.25) is 0 Å². The quantitative estimate of drug-likeness (QED) is 0.453. The number of para-hydroxylation sites is 2. The van der Waals surface area contributed by atoms with Gasteiger partial charge in [0, 0.05) is 12.2 Å². The second-order valence-electron chi connectivity index (χ2n) is 8.59. The molecule has 0 fully saturated rings. The summed E-state index contributed by atoms with van der Waals surface area (Å²) in [6.07, 6.45) is 0.689. The molecule has 3 aromatic carbocycles. The molecule has 182 valence electrons. The summed E-state index contributed by atoms with van der Waals surface area (Å²) >= 11 is 5.29. The summed E-state index contributed by atoms with van der Waals surface area (Å²) in [5, 5.41) is 5.67. The molecular weight excluding hydrogens is 482 g/mol. The largest absolute Gasteiger partial charge is 0.492 e. The number of hydrogen-bond donors (Lipinski definition) is 2. The Balaban J connectivity index is 1.41. The highest BCUT2D eigenvalue weighted by molar-refractivity contribution is 7.92. The lowest BCUT2D eigenvalue weighted by Gasteiger charge is -2.20. The predicted molar refractivity (Wildman–Crippen MR) is 142 cm³/mol. The van der Waals surface area contributed by atoms with E-state index in [1.54, 1.807) is 36.4 Å². The number of nitrogens with one attached hydrogen (secondary N) is 2. The minimum absolute atomic E-state index is 0.0951. The zero-order valence-corrected chi connectivity index (χ0v) is 21.2. The van der Waals surface area contributed by atoms with E-state index in [-0.39, 0.29) is 10.0 Å².